The Bertz CT molecular complexity index is 903. The SMILES string of the molecule is Cc1[nH]c(=O)c(C#N)c(C)c1CCC(=O)N[C@H]1CCc2nccn2C1. The summed E-state index contributed by atoms with van der Waals surface area (Å²) in [6.45, 7) is 4.30. The van der Waals surface area contributed by atoms with Gasteiger partial charge in [-0.3, -0.25) is 9.59 Å². The minimum Gasteiger partial charge on any atom is -0.352 e. The Balaban J connectivity index is 1.62. The number of aromatic nitrogens is 3. The molecule has 7 heteroatoms. The highest BCUT2D eigenvalue weighted by atomic mass is 16.1. The summed E-state index contributed by atoms with van der Waals surface area (Å²) in [5.41, 5.74) is 2.00. The number of fused-ring (bicyclic) bond motifs is 1. The molecule has 25 heavy (non-hydrogen) atoms. The van der Waals surface area contributed by atoms with Crippen LogP contribution in [0.15, 0.2) is 17.2 Å². The highest BCUT2D eigenvalue weighted by molar-refractivity contribution is 5.76. The fraction of sp³-hybridized carbons (Fsp3) is 0.444. The van der Waals surface area contributed by atoms with Crippen molar-refractivity contribution in [2.75, 3.05) is 0 Å². The summed E-state index contributed by atoms with van der Waals surface area (Å²) < 4.78 is 2.07. The third-order valence-corrected chi connectivity index (χ3v) is 4.82. The largest absolute Gasteiger partial charge is 0.352 e. The van der Waals surface area contributed by atoms with Gasteiger partial charge in [0, 0.05) is 43.5 Å². The van der Waals surface area contributed by atoms with Crippen LogP contribution in [0.5, 0.6) is 0 Å². The van der Waals surface area contributed by atoms with Gasteiger partial charge in [0.15, 0.2) is 0 Å². The molecular weight excluding hydrogens is 318 g/mol. The van der Waals surface area contributed by atoms with Gasteiger partial charge in [0.25, 0.3) is 5.56 Å². The van der Waals surface area contributed by atoms with Gasteiger partial charge in [-0.2, -0.15) is 5.26 Å². The van der Waals surface area contributed by atoms with Crippen molar-refractivity contribution < 1.29 is 4.79 Å². The standard InChI is InChI=1S/C18H21N5O2/c1-11-14(12(2)21-18(25)15(11)9-19)4-6-17(24)22-13-3-5-16-20-7-8-23(16)10-13/h7-8,13H,3-6,10H2,1-2H3,(H,21,25)(H,22,24)/t13-/m0/s1. The number of rotatable bonds is 4. The number of imidazole rings is 1. The summed E-state index contributed by atoms with van der Waals surface area (Å²) in [6.07, 6.45) is 6.29. The fourth-order valence-corrected chi connectivity index (χ4v) is 3.44. The highest BCUT2D eigenvalue weighted by Gasteiger charge is 2.20. The van der Waals surface area contributed by atoms with Crippen LogP contribution in [0.1, 0.15) is 41.1 Å². The van der Waals surface area contributed by atoms with Crippen molar-refractivity contribution in [1.29, 1.82) is 5.26 Å². The zero-order valence-electron chi connectivity index (χ0n) is 14.4. The number of nitrogens with one attached hydrogen (secondary N) is 2. The van der Waals surface area contributed by atoms with Crippen molar-refractivity contribution in [2.45, 2.75) is 52.1 Å². The van der Waals surface area contributed by atoms with Crippen LogP contribution in [-0.4, -0.2) is 26.5 Å². The predicted octanol–water partition coefficient (Wildman–Crippen LogP) is 1.12. The fourth-order valence-electron chi connectivity index (χ4n) is 3.44. The molecule has 0 radical (unpaired) electrons. The monoisotopic (exact) mass is 339 g/mol. The van der Waals surface area contributed by atoms with E-state index in [1.807, 2.05) is 12.3 Å². The van der Waals surface area contributed by atoms with E-state index >= 15 is 0 Å². The molecule has 1 aliphatic heterocycles. The Kier molecular flexibility index (Phi) is 4.70. The molecule has 0 spiro atoms. The molecular formula is C18H21N5O2. The van der Waals surface area contributed by atoms with Gasteiger partial charge in [-0.15, -0.1) is 0 Å². The third kappa shape index (κ3) is 3.48. The molecule has 0 unspecified atom stereocenters. The molecule has 2 N–H and O–H groups in total. The number of nitriles is 1. The van der Waals surface area contributed by atoms with E-state index in [1.165, 1.54) is 0 Å². The van der Waals surface area contributed by atoms with E-state index in [0.29, 0.717) is 18.4 Å². The Morgan fingerprint density at radius 3 is 3.08 bits per heavy atom. The molecule has 0 aliphatic carbocycles. The maximum Gasteiger partial charge on any atom is 0.266 e. The number of hydrogen-bond donors (Lipinski definition) is 2. The maximum absolute atomic E-state index is 12.3. The van der Waals surface area contributed by atoms with E-state index in [-0.39, 0.29) is 23.1 Å². The first-order valence-corrected chi connectivity index (χ1v) is 8.41. The van der Waals surface area contributed by atoms with Gasteiger partial charge in [0.2, 0.25) is 5.91 Å². The first-order valence-electron chi connectivity index (χ1n) is 8.41. The van der Waals surface area contributed by atoms with E-state index in [4.69, 9.17) is 5.26 Å². The molecule has 0 fully saturated rings. The van der Waals surface area contributed by atoms with Crippen molar-refractivity contribution in [3.05, 3.63) is 51.0 Å². The molecule has 0 aromatic carbocycles. The summed E-state index contributed by atoms with van der Waals surface area (Å²) in [5.74, 6) is 1.05. The molecule has 0 bridgehead atoms. The first kappa shape index (κ1) is 17.0. The average molecular weight is 339 g/mol. The van der Waals surface area contributed by atoms with Crippen LogP contribution in [0.25, 0.3) is 0 Å². The zero-order chi connectivity index (χ0) is 18.0. The maximum atomic E-state index is 12.3. The number of aromatic amines is 1. The van der Waals surface area contributed by atoms with E-state index in [2.05, 4.69) is 19.9 Å². The number of carbonyl (C=O) groups is 1. The molecule has 1 aliphatic rings. The van der Waals surface area contributed by atoms with Crippen molar-refractivity contribution in [3.8, 4) is 6.07 Å². The Hall–Kier alpha value is -2.88. The van der Waals surface area contributed by atoms with Crippen LogP contribution in [-0.2, 0) is 24.2 Å². The second kappa shape index (κ2) is 6.93. The molecule has 130 valence electrons. The summed E-state index contributed by atoms with van der Waals surface area (Å²) >= 11 is 0. The summed E-state index contributed by atoms with van der Waals surface area (Å²) in [5, 5.41) is 12.2. The summed E-state index contributed by atoms with van der Waals surface area (Å²) in [7, 11) is 0. The summed E-state index contributed by atoms with van der Waals surface area (Å²) in [4.78, 5) is 31.0. The molecule has 1 atom stereocenters. The lowest BCUT2D eigenvalue weighted by molar-refractivity contribution is -0.122. The lowest BCUT2D eigenvalue weighted by Crippen LogP contribution is -2.41. The van der Waals surface area contributed by atoms with Gasteiger partial charge in [-0.25, -0.2) is 4.98 Å². The number of H-pyrrole nitrogens is 1. The number of pyridine rings is 1. The van der Waals surface area contributed by atoms with Gasteiger partial charge >= 0.3 is 0 Å². The first-order chi connectivity index (χ1) is 12.0. The number of carbonyl (C=O) groups excluding carboxylic acids is 1. The molecule has 3 rings (SSSR count). The quantitative estimate of drug-likeness (QED) is 0.871. The van der Waals surface area contributed by atoms with E-state index < -0.39 is 0 Å². The normalized spacial score (nSPS) is 16.1. The van der Waals surface area contributed by atoms with Gasteiger partial charge in [-0.05, 0) is 37.8 Å². The topological polar surface area (TPSA) is 104 Å². The smallest absolute Gasteiger partial charge is 0.266 e. The minimum absolute atomic E-state index is 0.0166. The Morgan fingerprint density at radius 2 is 2.32 bits per heavy atom. The van der Waals surface area contributed by atoms with Crippen LogP contribution in [0, 0.1) is 25.2 Å². The van der Waals surface area contributed by atoms with Crippen molar-refractivity contribution >= 4 is 5.91 Å². The molecule has 2 aromatic rings. The van der Waals surface area contributed by atoms with Crippen LogP contribution < -0.4 is 10.9 Å². The van der Waals surface area contributed by atoms with E-state index in [1.54, 1.807) is 20.0 Å². The van der Waals surface area contributed by atoms with Gasteiger partial charge in [-0.1, -0.05) is 0 Å². The third-order valence-electron chi connectivity index (χ3n) is 4.82. The number of amides is 1. The van der Waals surface area contributed by atoms with Crippen LogP contribution in [0.4, 0.5) is 0 Å². The van der Waals surface area contributed by atoms with E-state index in [9.17, 15) is 9.59 Å². The van der Waals surface area contributed by atoms with Crippen molar-refractivity contribution in [1.82, 2.24) is 19.9 Å². The van der Waals surface area contributed by atoms with Gasteiger partial charge < -0.3 is 14.9 Å². The van der Waals surface area contributed by atoms with Crippen LogP contribution in [0.2, 0.25) is 0 Å². The van der Waals surface area contributed by atoms with E-state index in [0.717, 1.165) is 36.5 Å². The van der Waals surface area contributed by atoms with Crippen molar-refractivity contribution in [2.24, 2.45) is 0 Å². The molecule has 3 heterocycles. The Labute approximate surface area is 145 Å². The molecule has 1 amide bonds. The van der Waals surface area contributed by atoms with Gasteiger partial charge in [0.05, 0.1) is 0 Å². The number of aryl methyl sites for hydroxylation is 2. The van der Waals surface area contributed by atoms with Crippen LogP contribution >= 0.6 is 0 Å². The molecule has 7 nitrogen and oxygen atoms in total. The average Bonchev–Trinajstić information content (AvgIpc) is 3.02. The Morgan fingerprint density at radius 1 is 1.52 bits per heavy atom. The molecule has 2 aromatic heterocycles. The van der Waals surface area contributed by atoms with Crippen molar-refractivity contribution in [3.63, 3.8) is 0 Å². The second-order valence-corrected chi connectivity index (χ2v) is 6.47. The lowest BCUT2D eigenvalue weighted by Gasteiger charge is -2.24. The zero-order valence-corrected chi connectivity index (χ0v) is 14.4. The number of nitrogens with zero attached hydrogens (tertiary/aromatic N) is 3. The molecule has 0 saturated heterocycles. The predicted molar refractivity (Wildman–Crippen MR) is 92.1 cm³/mol. The highest BCUT2D eigenvalue weighted by Crippen LogP contribution is 2.16. The van der Waals surface area contributed by atoms with Crippen LogP contribution in [0.3, 0.4) is 0 Å². The second-order valence-electron chi connectivity index (χ2n) is 6.47. The lowest BCUT2D eigenvalue weighted by atomic mass is 9.98. The van der Waals surface area contributed by atoms with Gasteiger partial charge in [0.1, 0.15) is 17.5 Å². The number of hydrogen-bond acceptors (Lipinski definition) is 4. The molecule has 0 saturated carbocycles. The summed E-state index contributed by atoms with van der Waals surface area (Å²) in [6, 6.07) is 2.05. The minimum atomic E-state index is -0.371.